The molecule has 4 rings (SSSR count). The molecule has 3 aromatic heterocycles. The van der Waals surface area contributed by atoms with Crippen molar-refractivity contribution in [2.24, 2.45) is 0 Å². The van der Waals surface area contributed by atoms with Crippen LogP contribution in [0.3, 0.4) is 0 Å². The standard InChI is InChI=1S/C20H15FN4O2/c21-15-6-4-13(5-7-15)9-16-10-14(17-3-1-2-8-25(16)17)11-18(26)19(27)20-22-12-23-24-20/h1-8,10,12H,9,11H2,(H,22,23,24). The number of carbonyl (C=O) groups is 2. The third-order valence-electron chi connectivity index (χ3n) is 4.36. The zero-order chi connectivity index (χ0) is 18.8. The lowest BCUT2D eigenvalue weighted by Gasteiger charge is -2.03. The van der Waals surface area contributed by atoms with Crippen molar-refractivity contribution in [3.63, 3.8) is 0 Å². The minimum atomic E-state index is -0.716. The SMILES string of the molecule is O=C(Cc1cc(Cc2ccc(F)cc2)n2ccccc12)C(=O)c1nc[nH]n1. The van der Waals surface area contributed by atoms with Crippen molar-refractivity contribution in [2.75, 3.05) is 0 Å². The largest absolute Gasteiger partial charge is 0.320 e. The maximum absolute atomic E-state index is 13.1. The summed E-state index contributed by atoms with van der Waals surface area (Å²) in [6.45, 7) is 0. The number of pyridine rings is 1. The molecule has 134 valence electrons. The smallest absolute Gasteiger partial charge is 0.267 e. The van der Waals surface area contributed by atoms with Crippen LogP contribution in [0.5, 0.6) is 0 Å². The highest BCUT2D eigenvalue weighted by atomic mass is 19.1. The van der Waals surface area contributed by atoms with Gasteiger partial charge in [0.1, 0.15) is 12.1 Å². The van der Waals surface area contributed by atoms with Crippen molar-refractivity contribution in [1.29, 1.82) is 0 Å². The number of ketones is 2. The summed E-state index contributed by atoms with van der Waals surface area (Å²) in [6, 6.07) is 13.9. The van der Waals surface area contributed by atoms with Gasteiger partial charge in [-0.2, -0.15) is 0 Å². The van der Waals surface area contributed by atoms with Gasteiger partial charge in [0.2, 0.25) is 11.6 Å². The normalized spacial score (nSPS) is 11.0. The minimum Gasteiger partial charge on any atom is -0.320 e. The van der Waals surface area contributed by atoms with Crippen LogP contribution in [0.2, 0.25) is 0 Å². The monoisotopic (exact) mass is 362 g/mol. The molecule has 0 aliphatic rings. The molecule has 0 amide bonds. The highest BCUT2D eigenvalue weighted by Gasteiger charge is 2.22. The molecule has 4 aromatic rings. The molecule has 0 aliphatic carbocycles. The highest BCUT2D eigenvalue weighted by molar-refractivity contribution is 6.43. The zero-order valence-electron chi connectivity index (χ0n) is 14.2. The predicted molar refractivity (Wildman–Crippen MR) is 96.0 cm³/mol. The Morgan fingerprint density at radius 3 is 2.67 bits per heavy atom. The molecule has 0 saturated heterocycles. The number of aromatic nitrogens is 4. The summed E-state index contributed by atoms with van der Waals surface area (Å²) in [4.78, 5) is 28.2. The summed E-state index contributed by atoms with van der Waals surface area (Å²) in [6.07, 6.45) is 3.70. The van der Waals surface area contributed by atoms with Crippen LogP contribution in [0.4, 0.5) is 4.39 Å². The second-order valence-electron chi connectivity index (χ2n) is 6.17. The van der Waals surface area contributed by atoms with Crippen molar-refractivity contribution in [1.82, 2.24) is 19.6 Å². The molecule has 0 spiro atoms. The molecule has 0 radical (unpaired) electrons. The van der Waals surface area contributed by atoms with E-state index >= 15 is 0 Å². The van der Waals surface area contributed by atoms with Crippen molar-refractivity contribution in [3.05, 3.63) is 89.5 Å². The molecule has 0 aliphatic heterocycles. The number of Topliss-reactive ketones (excluding diaryl/α,β-unsaturated/α-hetero) is 2. The first kappa shape index (κ1) is 16.8. The average Bonchev–Trinajstić information content (AvgIpc) is 3.32. The number of nitrogens with one attached hydrogen (secondary N) is 1. The number of benzene rings is 1. The van der Waals surface area contributed by atoms with Crippen LogP contribution in [0.1, 0.15) is 27.4 Å². The summed E-state index contributed by atoms with van der Waals surface area (Å²) in [5, 5.41) is 6.10. The van der Waals surface area contributed by atoms with Gasteiger partial charge in [0.15, 0.2) is 0 Å². The number of halogens is 1. The van der Waals surface area contributed by atoms with Gasteiger partial charge in [0.25, 0.3) is 5.78 Å². The Morgan fingerprint density at radius 1 is 1.11 bits per heavy atom. The van der Waals surface area contributed by atoms with Crippen molar-refractivity contribution >= 4 is 17.1 Å². The summed E-state index contributed by atoms with van der Waals surface area (Å²) in [5.41, 5.74) is 3.51. The van der Waals surface area contributed by atoms with Crippen LogP contribution in [-0.2, 0) is 17.6 Å². The van der Waals surface area contributed by atoms with E-state index in [1.165, 1.54) is 18.5 Å². The van der Waals surface area contributed by atoms with Crippen molar-refractivity contribution < 1.29 is 14.0 Å². The average molecular weight is 362 g/mol. The third kappa shape index (κ3) is 3.39. The molecule has 7 heteroatoms. The molecular weight excluding hydrogens is 347 g/mol. The fourth-order valence-corrected chi connectivity index (χ4v) is 3.09. The summed E-state index contributed by atoms with van der Waals surface area (Å²) >= 11 is 0. The van der Waals surface area contributed by atoms with Gasteiger partial charge in [0, 0.05) is 30.2 Å². The first-order chi connectivity index (χ1) is 13.1. The van der Waals surface area contributed by atoms with E-state index in [-0.39, 0.29) is 18.1 Å². The molecule has 6 nitrogen and oxygen atoms in total. The molecule has 1 N–H and O–H groups in total. The van der Waals surface area contributed by atoms with Crippen LogP contribution in [-0.4, -0.2) is 31.1 Å². The molecule has 0 bridgehead atoms. The molecule has 0 saturated carbocycles. The van der Waals surface area contributed by atoms with E-state index in [2.05, 4.69) is 15.2 Å². The summed E-state index contributed by atoms with van der Waals surface area (Å²) in [5.74, 6) is -1.70. The second-order valence-corrected chi connectivity index (χ2v) is 6.17. The van der Waals surface area contributed by atoms with Gasteiger partial charge in [-0.15, -0.1) is 5.10 Å². The Kier molecular flexibility index (Phi) is 4.33. The predicted octanol–water partition coefficient (Wildman–Crippen LogP) is 2.78. The molecule has 0 unspecified atom stereocenters. The zero-order valence-corrected chi connectivity index (χ0v) is 14.2. The maximum Gasteiger partial charge on any atom is 0.267 e. The van der Waals surface area contributed by atoms with E-state index in [0.29, 0.717) is 6.42 Å². The molecule has 0 fully saturated rings. The van der Waals surface area contributed by atoms with Gasteiger partial charge in [-0.1, -0.05) is 18.2 Å². The Labute approximate surface area is 153 Å². The lowest BCUT2D eigenvalue weighted by atomic mass is 10.1. The highest BCUT2D eigenvalue weighted by Crippen LogP contribution is 2.21. The minimum absolute atomic E-state index is 0.0374. The fourth-order valence-electron chi connectivity index (χ4n) is 3.09. The van der Waals surface area contributed by atoms with Gasteiger partial charge in [0.05, 0.1) is 0 Å². The Hall–Kier alpha value is -3.61. The lowest BCUT2D eigenvalue weighted by Crippen LogP contribution is -2.18. The van der Waals surface area contributed by atoms with Crippen LogP contribution in [0.15, 0.2) is 61.1 Å². The number of H-pyrrole nitrogens is 1. The molecule has 27 heavy (non-hydrogen) atoms. The summed E-state index contributed by atoms with van der Waals surface area (Å²) < 4.78 is 15.1. The maximum atomic E-state index is 13.1. The van der Waals surface area contributed by atoms with Crippen LogP contribution in [0, 0.1) is 5.82 Å². The Balaban J connectivity index is 1.64. The molecular formula is C20H15FN4O2. The quantitative estimate of drug-likeness (QED) is 0.422. The number of carbonyl (C=O) groups excluding carboxylic acids is 2. The fraction of sp³-hybridized carbons (Fsp3) is 0.100. The van der Waals surface area contributed by atoms with E-state index in [1.807, 2.05) is 34.9 Å². The van der Waals surface area contributed by atoms with Crippen LogP contribution in [0.25, 0.3) is 5.52 Å². The van der Waals surface area contributed by atoms with Crippen LogP contribution < -0.4 is 0 Å². The van der Waals surface area contributed by atoms with Gasteiger partial charge < -0.3 is 4.40 Å². The number of nitrogens with zero attached hydrogens (tertiary/aromatic N) is 3. The third-order valence-corrected chi connectivity index (χ3v) is 4.36. The first-order valence-corrected chi connectivity index (χ1v) is 8.37. The van der Waals surface area contributed by atoms with E-state index in [1.54, 1.807) is 12.1 Å². The van der Waals surface area contributed by atoms with E-state index in [4.69, 9.17) is 0 Å². The van der Waals surface area contributed by atoms with E-state index < -0.39 is 11.6 Å². The van der Waals surface area contributed by atoms with Gasteiger partial charge in [-0.3, -0.25) is 14.7 Å². The Morgan fingerprint density at radius 2 is 1.93 bits per heavy atom. The molecule has 0 atom stereocenters. The lowest BCUT2D eigenvalue weighted by molar-refractivity contribution is -0.114. The Bertz CT molecular complexity index is 1110. The van der Waals surface area contributed by atoms with E-state index in [0.717, 1.165) is 22.3 Å². The van der Waals surface area contributed by atoms with Gasteiger partial charge in [-0.25, -0.2) is 9.37 Å². The first-order valence-electron chi connectivity index (χ1n) is 8.37. The number of rotatable bonds is 6. The molecule has 1 aromatic carbocycles. The van der Waals surface area contributed by atoms with E-state index in [9.17, 15) is 14.0 Å². The molecule has 3 heterocycles. The number of aromatic amines is 1. The topological polar surface area (TPSA) is 80.1 Å². The second kappa shape index (κ2) is 6.95. The number of hydrogen-bond acceptors (Lipinski definition) is 4. The van der Waals surface area contributed by atoms with Crippen LogP contribution >= 0.6 is 0 Å². The van der Waals surface area contributed by atoms with Crippen molar-refractivity contribution in [3.8, 4) is 0 Å². The summed E-state index contributed by atoms with van der Waals surface area (Å²) in [7, 11) is 0. The van der Waals surface area contributed by atoms with Crippen molar-refractivity contribution in [2.45, 2.75) is 12.8 Å². The van der Waals surface area contributed by atoms with Gasteiger partial charge >= 0.3 is 0 Å². The number of fused-ring (bicyclic) bond motifs is 1. The number of hydrogen-bond donors (Lipinski definition) is 1. The van der Waals surface area contributed by atoms with Gasteiger partial charge in [-0.05, 0) is 41.5 Å².